The van der Waals surface area contributed by atoms with Gasteiger partial charge in [-0.1, -0.05) is 18.2 Å². The normalized spacial score (nSPS) is 17.5. The van der Waals surface area contributed by atoms with Crippen LogP contribution in [-0.4, -0.2) is 42.5 Å². The summed E-state index contributed by atoms with van der Waals surface area (Å²) < 4.78 is 0. The minimum atomic E-state index is 0.161. The molecule has 1 fully saturated rings. The van der Waals surface area contributed by atoms with Gasteiger partial charge in [0, 0.05) is 37.7 Å². The summed E-state index contributed by atoms with van der Waals surface area (Å²) in [6.45, 7) is 4.89. The highest BCUT2D eigenvalue weighted by Gasteiger charge is 2.25. The Kier molecular flexibility index (Phi) is 4.96. The Balaban J connectivity index is 1.50. The Labute approximate surface area is 141 Å². The van der Waals surface area contributed by atoms with Crippen LogP contribution in [0.15, 0.2) is 35.7 Å². The molecule has 5 heteroatoms. The molecule has 0 aliphatic carbocycles. The van der Waals surface area contributed by atoms with E-state index in [1.165, 1.54) is 5.69 Å². The largest absolute Gasteiger partial charge is 0.371 e. The van der Waals surface area contributed by atoms with Gasteiger partial charge in [-0.2, -0.15) is 0 Å². The SMILES string of the molecule is Cc1nc(CC(=O)N(C)C[C@H]2CCN(c3ccccc3)C2)cs1. The molecule has 4 nitrogen and oxygen atoms in total. The summed E-state index contributed by atoms with van der Waals surface area (Å²) >= 11 is 1.60. The van der Waals surface area contributed by atoms with Crippen molar-refractivity contribution in [2.45, 2.75) is 19.8 Å². The molecule has 122 valence electrons. The average molecular weight is 329 g/mol. The summed E-state index contributed by atoms with van der Waals surface area (Å²) in [4.78, 5) is 21.0. The maximum absolute atomic E-state index is 12.3. The highest BCUT2D eigenvalue weighted by molar-refractivity contribution is 7.09. The van der Waals surface area contributed by atoms with E-state index in [0.717, 1.165) is 36.8 Å². The highest BCUT2D eigenvalue weighted by Crippen LogP contribution is 2.24. The first-order valence-electron chi connectivity index (χ1n) is 8.07. The van der Waals surface area contributed by atoms with Gasteiger partial charge in [-0.05, 0) is 31.4 Å². The summed E-state index contributed by atoms with van der Waals surface area (Å²) in [5.41, 5.74) is 2.17. The van der Waals surface area contributed by atoms with Crippen LogP contribution in [0, 0.1) is 12.8 Å². The fourth-order valence-corrected chi connectivity index (χ4v) is 3.74. The Bertz CT molecular complexity index is 655. The summed E-state index contributed by atoms with van der Waals surface area (Å²) in [6, 6.07) is 10.5. The molecule has 1 atom stereocenters. The van der Waals surface area contributed by atoms with Crippen molar-refractivity contribution in [3.63, 3.8) is 0 Å². The number of carbonyl (C=O) groups is 1. The molecule has 1 aromatic carbocycles. The molecular formula is C18H23N3OS. The molecule has 1 aliphatic rings. The number of anilines is 1. The minimum absolute atomic E-state index is 0.161. The first-order valence-corrected chi connectivity index (χ1v) is 8.95. The van der Waals surface area contributed by atoms with Gasteiger partial charge in [0.15, 0.2) is 0 Å². The Morgan fingerprint density at radius 3 is 2.87 bits per heavy atom. The van der Waals surface area contributed by atoms with Gasteiger partial charge < -0.3 is 9.80 Å². The number of hydrogen-bond donors (Lipinski definition) is 0. The number of aryl methyl sites for hydroxylation is 1. The number of likely N-dealkylation sites (N-methyl/N-ethyl adjacent to an activating group) is 1. The number of thiazole rings is 1. The summed E-state index contributed by atoms with van der Waals surface area (Å²) in [5.74, 6) is 0.704. The zero-order valence-corrected chi connectivity index (χ0v) is 14.6. The number of carbonyl (C=O) groups excluding carboxylic acids is 1. The fraction of sp³-hybridized carbons (Fsp3) is 0.444. The van der Waals surface area contributed by atoms with E-state index in [4.69, 9.17) is 0 Å². The Hall–Kier alpha value is -1.88. The molecular weight excluding hydrogens is 306 g/mol. The van der Waals surface area contributed by atoms with E-state index >= 15 is 0 Å². The van der Waals surface area contributed by atoms with Gasteiger partial charge >= 0.3 is 0 Å². The van der Waals surface area contributed by atoms with E-state index in [1.807, 2.05) is 30.3 Å². The second-order valence-corrected chi connectivity index (χ2v) is 7.31. The molecule has 2 heterocycles. The number of rotatable bonds is 5. The van der Waals surface area contributed by atoms with Gasteiger partial charge in [-0.3, -0.25) is 4.79 Å². The van der Waals surface area contributed by atoms with Gasteiger partial charge in [0.2, 0.25) is 5.91 Å². The van der Waals surface area contributed by atoms with Gasteiger partial charge in [-0.25, -0.2) is 4.98 Å². The molecule has 0 bridgehead atoms. The molecule has 0 N–H and O–H groups in total. The van der Waals surface area contributed by atoms with Crippen molar-refractivity contribution in [2.24, 2.45) is 5.92 Å². The number of nitrogens with zero attached hydrogens (tertiary/aromatic N) is 3. The van der Waals surface area contributed by atoms with Gasteiger partial charge in [0.1, 0.15) is 0 Å². The Morgan fingerprint density at radius 2 is 2.17 bits per heavy atom. The van der Waals surface area contributed by atoms with E-state index in [0.29, 0.717) is 12.3 Å². The number of amides is 1. The molecule has 1 amide bonds. The fourth-order valence-electron chi connectivity index (χ4n) is 3.12. The van der Waals surface area contributed by atoms with E-state index in [2.05, 4.69) is 34.1 Å². The second-order valence-electron chi connectivity index (χ2n) is 6.25. The first-order chi connectivity index (χ1) is 11.1. The molecule has 0 radical (unpaired) electrons. The predicted molar refractivity (Wildman–Crippen MR) is 95.0 cm³/mol. The lowest BCUT2D eigenvalue weighted by Gasteiger charge is -2.22. The highest BCUT2D eigenvalue weighted by atomic mass is 32.1. The topological polar surface area (TPSA) is 36.4 Å². The molecule has 3 rings (SSSR count). The third-order valence-electron chi connectivity index (χ3n) is 4.36. The van der Waals surface area contributed by atoms with Crippen molar-refractivity contribution < 1.29 is 4.79 Å². The second kappa shape index (κ2) is 7.13. The van der Waals surface area contributed by atoms with Crippen molar-refractivity contribution in [1.82, 2.24) is 9.88 Å². The van der Waals surface area contributed by atoms with Crippen molar-refractivity contribution >= 4 is 22.9 Å². The number of para-hydroxylation sites is 1. The van der Waals surface area contributed by atoms with Gasteiger partial charge in [0.25, 0.3) is 0 Å². The van der Waals surface area contributed by atoms with Crippen LogP contribution >= 0.6 is 11.3 Å². The van der Waals surface area contributed by atoms with Crippen LogP contribution in [0.25, 0.3) is 0 Å². The molecule has 0 saturated carbocycles. The predicted octanol–water partition coefficient (Wildman–Crippen LogP) is 2.98. The quantitative estimate of drug-likeness (QED) is 0.846. The zero-order valence-electron chi connectivity index (χ0n) is 13.7. The number of hydrogen-bond acceptors (Lipinski definition) is 4. The zero-order chi connectivity index (χ0) is 16.2. The lowest BCUT2D eigenvalue weighted by Crippen LogP contribution is -2.34. The minimum Gasteiger partial charge on any atom is -0.371 e. The lowest BCUT2D eigenvalue weighted by atomic mass is 10.1. The molecule has 23 heavy (non-hydrogen) atoms. The van der Waals surface area contributed by atoms with E-state index in [-0.39, 0.29) is 5.91 Å². The van der Waals surface area contributed by atoms with Crippen molar-refractivity contribution in [1.29, 1.82) is 0 Å². The maximum Gasteiger partial charge on any atom is 0.228 e. The molecule has 0 spiro atoms. The van der Waals surface area contributed by atoms with Crippen molar-refractivity contribution in [2.75, 3.05) is 31.6 Å². The molecule has 0 unspecified atom stereocenters. The van der Waals surface area contributed by atoms with E-state index < -0.39 is 0 Å². The summed E-state index contributed by atoms with van der Waals surface area (Å²) in [5, 5.41) is 3.00. The summed E-state index contributed by atoms with van der Waals surface area (Å²) in [6.07, 6.45) is 1.55. The third-order valence-corrected chi connectivity index (χ3v) is 5.19. The summed E-state index contributed by atoms with van der Waals surface area (Å²) in [7, 11) is 1.91. The number of benzene rings is 1. The average Bonchev–Trinajstić information content (AvgIpc) is 3.17. The standard InChI is InChI=1S/C18H23N3OS/c1-14-19-16(13-23-14)10-18(22)20(2)11-15-8-9-21(12-15)17-6-4-3-5-7-17/h3-7,13,15H,8-12H2,1-2H3/t15-/m1/s1. The molecule has 1 aromatic heterocycles. The van der Waals surface area contributed by atoms with Crippen LogP contribution in [0.5, 0.6) is 0 Å². The van der Waals surface area contributed by atoms with Gasteiger partial charge in [-0.15, -0.1) is 11.3 Å². The molecule has 1 aliphatic heterocycles. The lowest BCUT2D eigenvalue weighted by molar-refractivity contribution is -0.129. The van der Waals surface area contributed by atoms with Crippen LogP contribution in [0.1, 0.15) is 17.1 Å². The van der Waals surface area contributed by atoms with Gasteiger partial charge in [0.05, 0.1) is 17.1 Å². The third kappa shape index (κ3) is 4.10. The molecule has 2 aromatic rings. The Morgan fingerprint density at radius 1 is 1.39 bits per heavy atom. The van der Waals surface area contributed by atoms with Crippen molar-refractivity contribution in [3.05, 3.63) is 46.4 Å². The van der Waals surface area contributed by atoms with Crippen molar-refractivity contribution in [3.8, 4) is 0 Å². The van der Waals surface area contributed by atoms with Crippen LogP contribution < -0.4 is 4.90 Å². The van der Waals surface area contributed by atoms with Crippen LogP contribution in [-0.2, 0) is 11.2 Å². The van der Waals surface area contributed by atoms with E-state index in [9.17, 15) is 4.79 Å². The molecule has 1 saturated heterocycles. The van der Waals surface area contributed by atoms with E-state index in [1.54, 1.807) is 11.3 Å². The number of aromatic nitrogens is 1. The van der Waals surface area contributed by atoms with Crippen LogP contribution in [0.4, 0.5) is 5.69 Å². The first kappa shape index (κ1) is 16.0. The monoisotopic (exact) mass is 329 g/mol. The van der Waals surface area contributed by atoms with Crippen LogP contribution in [0.2, 0.25) is 0 Å². The van der Waals surface area contributed by atoms with Crippen LogP contribution in [0.3, 0.4) is 0 Å². The smallest absolute Gasteiger partial charge is 0.228 e. The maximum atomic E-state index is 12.3.